The molecule has 208 valence electrons. The predicted molar refractivity (Wildman–Crippen MR) is 151 cm³/mol. The molecule has 0 aliphatic rings. The fourth-order valence-electron chi connectivity index (χ4n) is 3.84. The number of halogens is 2. The van der Waals surface area contributed by atoms with Gasteiger partial charge in [-0.25, -0.2) is 12.8 Å². The van der Waals surface area contributed by atoms with Gasteiger partial charge in [0.25, 0.3) is 10.0 Å². The van der Waals surface area contributed by atoms with Gasteiger partial charge in [-0.2, -0.15) is 0 Å². The first-order chi connectivity index (χ1) is 18.2. The second-order valence-electron chi connectivity index (χ2n) is 10.3. The molecule has 0 spiro atoms. The molecular formula is C29H33ClFN3O4S. The largest absolute Gasteiger partial charge is 0.350 e. The summed E-state index contributed by atoms with van der Waals surface area (Å²) < 4.78 is 43.1. The van der Waals surface area contributed by atoms with E-state index in [1.54, 1.807) is 51.1 Å². The number of sulfonamides is 1. The molecule has 0 unspecified atom stereocenters. The minimum absolute atomic E-state index is 0.0561. The number of nitrogens with one attached hydrogen (secondary N) is 1. The van der Waals surface area contributed by atoms with Crippen molar-refractivity contribution < 1.29 is 22.4 Å². The Morgan fingerprint density at radius 3 is 2.13 bits per heavy atom. The Morgan fingerprint density at radius 1 is 0.974 bits per heavy atom. The van der Waals surface area contributed by atoms with E-state index >= 15 is 0 Å². The highest BCUT2D eigenvalue weighted by Crippen LogP contribution is 2.26. The quantitative estimate of drug-likeness (QED) is 0.376. The van der Waals surface area contributed by atoms with Crippen LogP contribution in [0.3, 0.4) is 0 Å². The average Bonchev–Trinajstić information content (AvgIpc) is 2.86. The molecule has 0 aliphatic carbocycles. The molecule has 0 radical (unpaired) electrons. The lowest BCUT2D eigenvalue weighted by atomic mass is 10.1. The van der Waals surface area contributed by atoms with Gasteiger partial charge in [-0.3, -0.25) is 13.9 Å². The molecule has 0 saturated heterocycles. The number of hydrogen-bond donors (Lipinski definition) is 1. The molecule has 2 amide bonds. The van der Waals surface area contributed by atoms with Crippen molar-refractivity contribution in [2.24, 2.45) is 0 Å². The summed E-state index contributed by atoms with van der Waals surface area (Å²) >= 11 is 5.96. The molecule has 3 aromatic rings. The topological polar surface area (TPSA) is 86.8 Å². The van der Waals surface area contributed by atoms with Crippen LogP contribution >= 0.6 is 11.6 Å². The number of aryl methyl sites for hydroxylation is 1. The highest BCUT2D eigenvalue weighted by Gasteiger charge is 2.33. The smallest absolute Gasteiger partial charge is 0.264 e. The van der Waals surface area contributed by atoms with E-state index in [1.807, 2.05) is 6.92 Å². The third-order valence-corrected chi connectivity index (χ3v) is 8.01. The first-order valence-electron chi connectivity index (χ1n) is 12.4. The number of carbonyl (C=O) groups excluding carboxylic acids is 2. The fraction of sp³-hybridized carbons (Fsp3) is 0.310. The zero-order valence-electron chi connectivity index (χ0n) is 22.6. The molecular weight excluding hydrogens is 541 g/mol. The summed E-state index contributed by atoms with van der Waals surface area (Å²) in [6.45, 7) is 7.96. The van der Waals surface area contributed by atoms with Gasteiger partial charge in [-0.15, -0.1) is 0 Å². The monoisotopic (exact) mass is 573 g/mol. The number of amides is 2. The lowest BCUT2D eigenvalue weighted by molar-refractivity contribution is -0.140. The first-order valence-corrected chi connectivity index (χ1v) is 14.2. The van der Waals surface area contributed by atoms with Gasteiger partial charge in [0.15, 0.2) is 0 Å². The number of hydrogen-bond acceptors (Lipinski definition) is 4. The van der Waals surface area contributed by atoms with Crippen LogP contribution in [0.1, 0.15) is 38.8 Å². The summed E-state index contributed by atoms with van der Waals surface area (Å²) in [6, 6.07) is 17.2. The lowest BCUT2D eigenvalue weighted by Gasteiger charge is -2.33. The molecule has 39 heavy (non-hydrogen) atoms. The van der Waals surface area contributed by atoms with Crippen molar-refractivity contribution in [1.82, 2.24) is 10.2 Å². The number of anilines is 1. The minimum atomic E-state index is -4.22. The van der Waals surface area contributed by atoms with Crippen molar-refractivity contribution in [2.45, 2.75) is 57.6 Å². The van der Waals surface area contributed by atoms with E-state index in [0.717, 1.165) is 9.87 Å². The molecule has 1 atom stereocenters. The van der Waals surface area contributed by atoms with Gasteiger partial charge in [0.2, 0.25) is 11.8 Å². The van der Waals surface area contributed by atoms with Crippen LogP contribution in [-0.4, -0.2) is 43.3 Å². The average molecular weight is 574 g/mol. The van der Waals surface area contributed by atoms with Crippen LogP contribution in [0.5, 0.6) is 0 Å². The van der Waals surface area contributed by atoms with E-state index in [-0.39, 0.29) is 22.7 Å². The molecule has 0 aromatic heterocycles. The molecule has 7 nitrogen and oxygen atoms in total. The van der Waals surface area contributed by atoms with Gasteiger partial charge in [-0.05, 0) is 77.1 Å². The molecule has 10 heteroatoms. The summed E-state index contributed by atoms with van der Waals surface area (Å²) in [5.74, 6) is -1.66. The van der Waals surface area contributed by atoms with Crippen LogP contribution in [0.2, 0.25) is 5.02 Å². The van der Waals surface area contributed by atoms with Crippen molar-refractivity contribution in [2.75, 3.05) is 10.8 Å². The first kappa shape index (κ1) is 30.1. The number of benzene rings is 3. The number of carbonyl (C=O) groups is 2. The molecule has 1 N–H and O–H groups in total. The Labute approximate surface area is 234 Å². The second kappa shape index (κ2) is 12.2. The van der Waals surface area contributed by atoms with Crippen LogP contribution in [0.4, 0.5) is 10.1 Å². The summed E-state index contributed by atoms with van der Waals surface area (Å²) in [7, 11) is -4.22. The molecule has 3 rings (SSSR count). The van der Waals surface area contributed by atoms with E-state index in [4.69, 9.17) is 11.6 Å². The van der Waals surface area contributed by atoms with Crippen LogP contribution < -0.4 is 9.62 Å². The van der Waals surface area contributed by atoms with E-state index < -0.39 is 45.8 Å². The molecule has 0 aliphatic heterocycles. The molecule has 0 fully saturated rings. The zero-order chi connectivity index (χ0) is 29.0. The SMILES string of the molecule is Cc1ccc(N(CC(=O)N(Cc2ccccc2F)[C@@H](C)C(=O)NC(C)(C)C)S(=O)(=O)c2ccc(Cl)cc2)cc1. The molecule has 0 bridgehead atoms. The van der Waals surface area contributed by atoms with Gasteiger partial charge in [-0.1, -0.05) is 47.5 Å². The number of nitrogens with zero attached hydrogens (tertiary/aromatic N) is 2. The van der Waals surface area contributed by atoms with E-state index in [2.05, 4.69) is 5.32 Å². The molecule has 0 heterocycles. The molecule has 3 aromatic carbocycles. The van der Waals surface area contributed by atoms with Crippen LogP contribution in [0, 0.1) is 12.7 Å². The summed E-state index contributed by atoms with van der Waals surface area (Å²) in [5.41, 5.74) is 0.789. The normalized spacial score (nSPS) is 12.5. The van der Waals surface area contributed by atoms with E-state index in [0.29, 0.717) is 5.02 Å². The third-order valence-electron chi connectivity index (χ3n) is 5.97. The summed E-state index contributed by atoms with van der Waals surface area (Å²) in [6.07, 6.45) is 0. The van der Waals surface area contributed by atoms with Crippen molar-refractivity contribution >= 4 is 39.1 Å². The fourth-order valence-corrected chi connectivity index (χ4v) is 5.38. The van der Waals surface area contributed by atoms with Crippen LogP contribution in [0.15, 0.2) is 77.7 Å². The standard InChI is InChI=1S/C29H33ClFN3O4S/c1-20-10-14-24(15-11-20)34(39(37,38)25-16-12-23(30)13-17-25)19-27(35)33(18-22-8-6-7-9-26(22)31)21(2)28(36)32-29(3,4)5/h6-17,21H,18-19H2,1-5H3,(H,32,36)/t21-/m0/s1. The van der Waals surface area contributed by atoms with Gasteiger partial charge >= 0.3 is 0 Å². The minimum Gasteiger partial charge on any atom is -0.350 e. The van der Waals surface area contributed by atoms with Crippen LogP contribution in [0.25, 0.3) is 0 Å². The van der Waals surface area contributed by atoms with Crippen molar-refractivity contribution in [3.63, 3.8) is 0 Å². The van der Waals surface area contributed by atoms with E-state index in [9.17, 15) is 22.4 Å². The Morgan fingerprint density at radius 2 is 1.56 bits per heavy atom. The highest BCUT2D eigenvalue weighted by atomic mass is 35.5. The van der Waals surface area contributed by atoms with Crippen molar-refractivity contribution in [3.05, 3.63) is 94.8 Å². The summed E-state index contributed by atoms with van der Waals surface area (Å²) in [4.78, 5) is 28.1. The Kier molecular flexibility index (Phi) is 9.40. The Hall–Kier alpha value is -3.43. The maximum atomic E-state index is 14.6. The van der Waals surface area contributed by atoms with Gasteiger partial charge in [0, 0.05) is 22.7 Å². The van der Waals surface area contributed by atoms with Crippen molar-refractivity contribution in [3.8, 4) is 0 Å². The van der Waals surface area contributed by atoms with Gasteiger partial charge in [0.1, 0.15) is 18.4 Å². The predicted octanol–water partition coefficient (Wildman–Crippen LogP) is 5.31. The van der Waals surface area contributed by atoms with Gasteiger partial charge < -0.3 is 10.2 Å². The Bertz CT molecular complexity index is 1420. The zero-order valence-corrected chi connectivity index (χ0v) is 24.2. The van der Waals surface area contributed by atoms with Gasteiger partial charge in [0.05, 0.1) is 10.6 Å². The highest BCUT2D eigenvalue weighted by molar-refractivity contribution is 7.92. The maximum Gasteiger partial charge on any atom is 0.264 e. The molecule has 0 saturated carbocycles. The number of rotatable bonds is 9. The lowest BCUT2D eigenvalue weighted by Crippen LogP contribution is -2.54. The van der Waals surface area contributed by atoms with Crippen molar-refractivity contribution in [1.29, 1.82) is 0 Å². The maximum absolute atomic E-state index is 14.6. The third kappa shape index (κ3) is 7.80. The summed E-state index contributed by atoms with van der Waals surface area (Å²) in [5, 5.41) is 3.20. The van der Waals surface area contributed by atoms with Crippen LogP contribution in [-0.2, 0) is 26.2 Å². The van der Waals surface area contributed by atoms with E-state index in [1.165, 1.54) is 54.3 Å². The Balaban J connectivity index is 2.04. The second-order valence-corrected chi connectivity index (χ2v) is 12.6.